The number of nitrogens with zero attached hydrogens (tertiary/aromatic N) is 1. The molecule has 1 atom stereocenters. The summed E-state index contributed by atoms with van der Waals surface area (Å²) in [6, 6.07) is 19.5. The molecule has 1 heterocycles. The average Bonchev–Trinajstić information content (AvgIpc) is 3.34. The van der Waals surface area contributed by atoms with Crippen molar-refractivity contribution < 1.29 is 4.74 Å². The Morgan fingerprint density at radius 3 is 2.48 bits per heavy atom. The molecule has 2 aromatic carbocycles. The molecule has 1 aliphatic carbocycles. The fourth-order valence-corrected chi connectivity index (χ4v) is 3.27. The Hall–Kier alpha value is -1.80. The van der Waals surface area contributed by atoms with E-state index in [1.165, 1.54) is 29.7 Å². The molecule has 1 saturated carbocycles. The minimum absolute atomic E-state index is 0.319. The van der Waals surface area contributed by atoms with Crippen molar-refractivity contribution in [1.29, 1.82) is 0 Å². The lowest BCUT2D eigenvalue weighted by Crippen LogP contribution is -2.31. The Bertz CT molecular complexity index is 606. The smallest absolute Gasteiger partial charge is 0.0857 e. The minimum Gasteiger partial charge on any atom is -0.371 e. The molecule has 2 aromatic rings. The Kier molecular flexibility index (Phi) is 3.40. The number of anilines is 1. The zero-order chi connectivity index (χ0) is 14.1. The van der Waals surface area contributed by atoms with Gasteiger partial charge in [0.15, 0.2) is 0 Å². The maximum Gasteiger partial charge on any atom is 0.0857 e. The van der Waals surface area contributed by atoms with Crippen LogP contribution in [0.1, 0.15) is 30.1 Å². The van der Waals surface area contributed by atoms with Gasteiger partial charge in [-0.3, -0.25) is 0 Å². The van der Waals surface area contributed by atoms with Crippen LogP contribution in [0.5, 0.6) is 0 Å². The van der Waals surface area contributed by atoms with Crippen molar-refractivity contribution in [3.05, 3.63) is 65.7 Å². The van der Waals surface area contributed by atoms with Crippen LogP contribution in [-0.4, -0.2) is 13.2 Å². The van der Waals surface area contributed by atoms with Crippen LogP contribution in [-0.2, 0) is 11.3 Å². The summed E-state index contributed by atoms with van der Waals surface area (Å²) in [6.45, 7) is 2.75. The number of hydrogen-bond donors (Lipinski definition) is 0. The van der Waals surface area contributed by atoms with Crippen molar-refractivity contribution >= 4 is 5.69 Å². The molecule has 0 saturated heterocycles. The Morgan fingerprint density at radius 2 is 1.67 bits per heavy atom. The highest BCUT2D eigenvalue weighted by atomic mass is 16.5. The van der Waals surface area contributed by atoms with Gasteiger partial charge in [0.05, 0.1) is 12.7 Å². The lowest BCUT2D eigenvalue weighted by Gasteiger charge is -2.31. The van der Waals surface area contributed by atoms with Crippen LogP contribution in [0.4, 0.5) is 5.69 Å². The molecule has 1 aliphatic heterocycles. The van der Waals surface area contributed by atoms with Gasteiger partial charge >= 0.3 is 0 Å². The molecular formula is C19H21NO. The summed E-state index contributed by atoms with van der Waals surface area (Å²) < 4.78 is 6.24. The summed E-state index contributed by atoms with van der Waals surface area (Å²) in [6.07, 6.45) is 2.96. The summed E-state index contributed by atoms with van der Waals surface area (Å²) in [4.78, 5) is 2.42. The average molecular weight is 279 g/mol. The van der Waals surface area contributed by atoms with E-state index in [1.54, 1.807) is 0 Å². The van der Waals surface area contributed by atoms with Crippen molar-refractivity contribution in [1.82, 2.24) is 0 Å². The third-order valence-corrected chi connectivity index (χ3v) is 4.55. The predicted octanol–water partition coefficient (Wildman–Crippen LogP) is 4.17. The van der Waals surface area contributed by atoms with Crippen LogP contribution in [0, 0.1) is 5.92 Å². The molecule has 2 aliphatic rings. The lowest BCUT2D eigenvalue weighted by molar-refractivity contribution is 0.0384. The Morgan fingerprint density at radius 1 is 0.905 bits per heavy atom. The topological polar surface area (TPSA) is 12.5 Å². The van der Waals surface area contributed by atoms with E-state index in [-0.39, 0.29) is 0 Å². The highest BCUT2D eigenvalue weighted by Crippen LogP contribution is 2.45. The zero-order valence-electron chi connectivity index (χ0n) is 12.2. The number of ether oxygens (including phenoxy) is 1. The maximum atomic E-state index is 6.24. The predicted molar refractivity (Wildman–Crippen MR) is 85.4 cm³/mol. The van der Waals surface area contributed by atoms with Crippen LogP contribution in [0.25, 0.3) is 0 Å². The summed E-state index contributed by atoms with van der Waals surface area (Å²) in [7, 11) is 0. The summed E-state index contributed by atoms with van der Waals surface area (Å²) in [5.41, 5.74) is 4.10. The zero-order valence-corrected chi connectivity index (χ0v) is 12.2. The van der Waals surface area contributed by atoms with Crippen molar-refractivity contribution in [2.75, 3.05) is 18.1 Å². The van der Waals surface area contributed by atoms with Gasteiger partial charge in [0.25, 0.3) is 0 Å². The van der Waals surface area contributed by atoms with Crippen molar-refractivity contribution in [2.45, 2.75) is 25.5 Å². The standard InChI is InChI=1S/C19H21NO/c1-2-7-17(8-3-1)20-12-13-21-19(15-10-11-15)18-9-5-4-6-16(18)14-20/h1-9,15,19H,10-14H2. The molecule has 2 heteroatoms. The van der Waals surface area contributed by atoms with Crippen LogP contribution in [0.3, 0.4) is 0 Å². The number of para-hydroxylation sites is 1. The first-order valence-corrected chi connectivity index (χ1v) is 7.91. The van der Waals surface area contributed by atoms with Gasteiger partial charge in [0, 0.05) is 18.8 Å². The molecule has 4 rings (SSSR count). The van der Waals surface area contributed by atoms with Gasteiger partial charge in [-0.15, -0.1) is 0 Å². The minimum atomic E-state index is 0.319. The number of fused-ring (bicyclic) bond motifs is 1. The summed E-state index contributed by atoms with van der Waals surface area (Å²) in [5.74, 6) is 0.745. The molecular weight excluding hydrogens is 258 g/mol. The molecule has 1 fully saturated rings. The molecule has 0 aromatic heterocycles. The van der Waals surface area contributed by atoms with Gasteiger partial charge in [-0.05, 0) is 42.0 Å². The maximum absolute atomic E-state index is 6.24. The third kappa shape index (κ3) is 2.68. The first kappa shape index (κ1) is 12.9. The van der Waals surface area contributed by atoms with E-state index in [9.17, 15) is 0 Å². The second-order valence-electron chi connectivity index (χ2n) is 6.08. The van der Waals surface area contributed by atoms with E-state index in [0.29, 0.717) is 6.10 Å². The molecule has 0 N–H and O–H groups in total. The fraction of sp³-hybridized carbons (Fsp3) is 0.368. The Balaban J connectivity index is 1.67. The highest BCUT2D eigenvalue weighted by Gasteiger charge is 2.35. The van der Waals surface area contributed by atoms with Gasteiger partial charge in [-0.1, -0.05) is 42.5 Å². The molecule has 0 radical (unpaired) electrons. The summed E-state index contributed by atoms with van der Waals surface area (Å²) >= 11 is 0. The number of hydrogen-bond acceptors (Lipinski definition) is 2. The van der Waals surface area contributed by atoms with E-state index >= 15 is 0 Å². The van der Waals surface area contributed by atoms with Gasteiger partial charge in [-0.2, -0.15) is 0 Å². The first-order valence-electron chi connectivity index (χ1n) is 7.91. The van der Waals surface area contributed by atoms with Crippen molar-refractivity contribution in [3.63, 3.8) is 0 Å². The SMILES string of the molecule is c1ccc(N2CCOC(C3CC3)c3ccccc3C2)cc1. The van der Waals surface area contributed by atoms with Crippen LogP contribution in [0.15, 0.2) is 54.6 Å². The second-order valence-corrected chi connectivity index (χ2v) is 6.08. The lowest BCUT2D eigenvalue weighted by atomic mass is 9.98. The fourth-order valence-electron chi connectivity index (χ4n) is 3.27. The van der Waals surface area contributed by atoms with E-state index in [2.05, 4.69) is 59.5 Å². The second kappa shape index (κ2) is 5.53. The molecule has 1 unspecified atom stereocenters. The van der Waals surface area contributed by atoms with Crippen LogP contribution >= 0.6 is 0 Å². The molecule has 0 spiro atoms. The van der Waals surface area contributed by atoms with Gasteiger partial charge in [-0.25, -0.2) is 0 Å². The van der Waals surface area contributed by atoms with E-state index in [0.717, 1.165) is 25.6 Å². The quantitative estimate of drug-likeness (QED) is 0.818. The molecule has 0 amide bonds. The molecule has 2 nitrogen and oxygen atoms in total. The highest BCUT2D eigenvalue weighted by molar-refractivity contribution is 5.48. The Labute approximate surface area is 126 Å². The normalized spacial score (nSPS) is 22.3. The third-order valence-electron chi connectivity index (χ3n) is 4.55. The van der Waals surface area contributed by atoms with Gasteiger partial charge in [0.2, 0.25) is 0 Å². The van der Waals surface area contributed by atoms with Crippen LogP contribution in [0.2, 0.25) is 0 Å². The van der Waals surface area contributed by atoms with Gasteiger partial charge < -0.3 is 9.64 Å². The van der Waals surface area contributed by atoms with E-state index in [4.69, 9.17) is 4.74 Å². The van der Waals surface area contributed by atoms with E-state index in [1.807, 2.05) is 0 Å². The van der Waals surface area contributed by atoms with Crippen LogP contribution < -0.4 is 4.90 Å². The monoisotopic (exact) mass is 279 g/mol. The van der Waals surface area contributed by atoms with E-state index < -0.39 is 0 Å². The largest absolute Gasteiger partial charge is 0.371 e. The number of rotatable bonds is 2. The summed E-state index contributed by atoms with van der Waals surface area (Å²) in [5, 5.41) is 0. The first-order chi connectivity index (χ1) is 10.4. The van der Waals surface area contributed by atoms with Gasteiger partial charge in [0.1, 0.15) is 0 Å². The van der Waals surface area contributed by atoms with Crippen molar-refractivity contribution in [3.8, 4) is 0 Å². The number of benzene rings is 2. The molecule has 0 bridgehead atoms. The van der Waals surface area contributed by atoms with Crippen molar-refractivity contribution in [2.24, 2.45) is 5.92 Å². The molecule has 108 valence electrons. The molecule has 21 heavy (non-hydrogen) atoms.